The average molecular weight is 394 g/mol. The summed E-state index contributed by atoms with van der Waals surface area (Å²) in [6, 6.07) is 11.8. The lowest BCUT2D eigenvalue weighted by Gasteiger charge is -2.38. The number of nitrogens with one attached hydrogen (secondary N) is 2. The average Bonchev–Trinajstić information content (AvgIpc) is 2.63. The van der Waals surface area contributed by atoms with Crippen molar-refractivity contribution in [1.29, 1.82) is 0 Å². The van der Waals surface area contributed by atoms with Gasteiger partial charge in [0.1, 0.15) is 5.82 Å². The lowest BCUT2D eigenvalue weighted by molar-refractivity contribution is 0.292. The van der Waals surface area contributed by atoms with Crippen molar-refractivity contribution in [3.05, 3.63) is 58.2 Å². The number of nitrogens with zero attached hydrogens (tertiary/aromatic N) is 1. The third kappa shape index (κ3) is 4.84. The molecule has 0 atom stereocenters. The molecule has 25 heavy (non-hydrogen) atoms. The number of hydrogen-bond acceptors (Lipinski definition) is 2. The monoisotopic (exact) mass is 393 g/mol. The predicted molar refractivity (Wildman–Crippen MR) is 110 cm³/mol. The first-order chi connectivity index (χ1) is 12.1. The fraction of sp³-hybridized carbons (Fsp3) is 0.368. The van der Waals surface area contributed by atoms with Gasteiger partial charge in [-0.15, -0.1) is 0 Å². The third-order valence-electron chi connectivity index (χ3n) is 4.82. The Kier molecular flexibility index (Phi) is 6.15. The summed E-state index contributed by atoms with van der Waals surface area (Å²) in [6.45, 7) is 0.800. The topological polar surface area (TPSA) is 37.0 Å². The Balaban J connectivity index is 1.67. The molecule has 0 aliphatic heterocycles. The highest BCUT2D eigenvalue weighted by molar-refractivity contribution is 7.80. The van der Waals surface area contributed by atoms with Gasteiger partial charge < -0.3 is 10.6 Å². The van der Waals surface area contributed by atoms with Crippen molar-refractivity contribution >= 4 is 46.4 Å². The van der Waals surface area contributed by atoms with Crippen LogP contribution in [0.5, 0.6) is 0 Å². The van der Waals surface area contributed by atoms with Gasteiger partial charge in [-0.25, -0.2) is 4.98 Å². The first kappa shape index (κ1) is 18.4. The quantitative estimate of drug-likeness (QED) is 0.664. The fourth-order valence-electron chi connectivity index (χ4n) is 3.46. The zero-order valence-electron chi connectivity index (χ0n) is 13.9. The number of thiocarbonyl (C=S) groups is 1. The number of hydrogen-bond donors (Lipinski definition) is 2. The van der Waals surface area contributed by atoms with Crippen molar-refractivity contribution in [3.63, 3.8) is 0 Å². The molecule has 2 aromatic rings. The van der Waals surface area contributed by atoms with Gasteiger partial charge in [0, 0.05) is 23.2 Å². The summed E-state index contributed by atoms with van der Waals surface area (Å²) in [6.07, 6.45) is 7.69. The maximum absolute atomic E-state index is 6.06. The van der Waals surface area contributed by atoms with E-state index in [0.717, 1.165) is 24.4 Å². The highest BCUT2D eigenvalue weighted by Gasteiger charge is 2.33. The maximum Gasteiger partial charge on any atom is 0.171 e. The highest BCUT2D eigenvalue weighted by atomic mass is 35.5. The van der Waals surface area contributed by atoms with Gasteiger partial charge in [-0.3, -0.25) is 0 Å². The van der Waals surface area contributed by atoms with Gasteiger partial charge in [0.2, 0.25) is 0 Å². The van der Waals surface area contributed by atoms with E-state index in [1.807, 2.05) is 18.2 Å². The number of anilines is 1. The normalized spacial score (nSPS) is 16.2. The molecule has 0 spiro atoms. The molecule has 1 aromatic heterocycles. The Labute approximate surface area is 164 Å². The SMILES string of the molecule is S=C(NCC1(c2ccc(Cl)cc2)CCCCC1)Nc1ccc(Cl)cn1. The molecule has 6 heteroatoms. The second kappa shape index (κ2) is 8.35. The predicted octanol–water partition coefficient (Wildman–Crippen LogP) is 5.58. The van der Waals surface area contributed by atoms with Crippen LogP contribution >= 0.6 is 35.4 Å². The van der Waals surface area contributed by atoms with E-state index in [0.29, 0.717) is 16.0 Å². The van der Waals surface area contributed by atoms with Crippen LogP contribution in [0.3, 0.4) is 0 Å². The van der Waals surface area contributed by atoms with E-state index in [-0.39, 0.29) is 5.41 Å². The van der Waals surface area contributed by atoms with Crippen molar-refractivity contribution in [3.8, 4) is 0 Å². The minimum atomic E-state index is 0.0992. The molecule has 0 bridgehead atoms. The van der Waals surface area contributed by atoms with Gasteiger partial charge >= 0.3 is 0 Å². The molecular formula is C19H21Cl2N3S. The smallest absolute Gasteiger partial charge is 0.171 e. The van der Waals surface area contributed by atoms with Crippen LogP contribution in [0, 0.1) is 0 Å². The standard InChI is InChI=1S/C19H21Cl2N3S/c20-15-6-4-14(5-7-15)19(10-2-1-3-11-19)13-23-18(25)24-17-9-8-16(21)12-22-17/h4-9,12H,1-3,10-11,13H2,(H2,22,23,24,25). The molecule has 132 valence electrons. The summed E-state index contributed by atoms with van der Waals surface area (Å²) in [5.74, 6) is 0.686. The Bertz CT molecular complexity index is 710. The Morgan fingerprint density at radius 1 is 1.00 bits per heavy atom. The van der Waals surface area contributed by atoms with Crippen molar-refractivity contribution in [2.75, 3.05) is 11.9 Å². The van der Waals surface area contributed by atoms with E-state index in [4.69, 9.17) is 35.4 Å². The zero-order chi connectivity index (χ0) is 17.7. The lowest BCUT2D eigenvalue weighted by atomic mass is 9.69. The summed E-state index contributed by atoms with van der Waals surface area (Å²) in [4.78, 5) is 4.21. The molecule has 3 nitrogen and oxygen atoms in total. The fourth-order valence-corrected chi connectivity index (χ4v) is 3.87. The van der Waals surface area contributed by atoms with Gasteiger partial charge in [-0.05, 0) is 54.9 Å². The van der Waals surface area contributed by atoms with Gasteiger partial charge in [0.05, 0.1) is 5.02 Å². The van der Waals surface area contributed by atoms with Gasteiger partial charge in [0.25, 0.3) is 0 Å². The van der Waals surface area contributed by atoms with Crippen LogP contribution in [0.1, 0.15) is 37.7 Å². The van der Waals surface area contributed by atoms with E-state index in [9.17, 15) is 0 Å². The molecule has 1 aliphatic rings. The Morgan fingerprint density at radius 2 is 1.68 bits per heavy atom. The second-order valence-electron chi connectivity index (χ2n) is 6.52. The van der Waals surface area contributed by atoms with E-state index >= 15 is 0 Å². The number of rotatable bonds is 4. The number of pyridine rings is 1. The highest BCUT2D eigenvalue weighted by Crippen LogP contribution is 2.39. The van der Waals surface area contributed by atoms with Crippen molar-refractivity contribution in [2.45, 2.75) is 37.5 Å². The van der Waals surface area contributed by atoms with Crippen LogP contribution in [-0.2, 0) is 5.41 Å². The van der Waals surface area contributed by atoms with Crippen LogP contribution in [0.25, 0.3) is 0 Å². The van der Waals surface area contributed by atoms with Crippen LogP contribution < -0.4 is 10.6 Å². The van der Waals surface area contributed by atoms with Gasteiger partial charge in [-0.2, -0.15) is 0 Å². The van der Waals surface area contributed by atoms with E-state index < -0.39 is 0 Å². The molecule has 1 aliphatic carbocycles. The summed E-state index contributed by atoms with van der Waals surface area (Å²) in [5.41, 5.74) is 1.43. The van der Waals surface area contributed by atoms with E-state index in [2.05, 4.69) is 27.8 Å². The molecule has 1 heterocycles. The van der Waals surface area contributed by atoms with Gasteiger partial charge in [-0.1, -0.05) is 54.6 Å². The largest absolute Gasteiger partial charge is 0.362 e. The molecule has 0 radical (unpaired) electrons. The summed E-state index contributed by atoms with van der Waals surface area (Å²) >= 11 is 17.4. The van der Waals surface area contributed by atoms with Crippen LogP contribution in [0.4, 0.5) is 5.82 Å². The minimum Gasteiger partial charge on any atom is -0.362 e. The minimum absolute atomic E-state index is 0.0992. The second-order valence-corrected chi connectivity index (χ2v) is 7.80. The molecule has 1 fully saturated rings. The summed E-state index contributed by atoms with van der Waals surface area (Å²) < 4.78 is 0. The van der Waals surface area contributed by atoms with Crippen molar-refractivity contribution in [1.82, 2.24) is 10.3 Å². The molecule has 2 N–H and O–H groups in total. The first-order valence-corrected chi connectivity index (χ1v) is 9.66. The van der Waals surface area contributed by atoms with E-state index in [1.165, 1.54) is 24.8 Å². The third-order valence-corrected chi connectivity index (χ3v) is 5.55. The molecule has 3 rings (SSSR count). The number of benzene rings is 1. The first-order valence-electron chi connectivity index (χ1n) is 8.50. The zero-order valence-corrected chi connectivity index (χ0v) is 16.2. The molecule has 0 unspecified atom stereocenters. The molecule has 1 saturated carbocycles. The summed E-state index contributed by atoms with van der Waals surface area (Å²) in [5, 5.41) is 8.45. The van der Waals surface area contributed by atoms with Gasteiger partial charge in [0.15, 0.2) is 5.11 Å². The van der Waals surface area contributed by atoms with Crippen LogP contribution in [0.15, 0.2) is 42.6 Å². The molecule has 0 amide bonds. The number of halogens is 2. The molecular weight excluding hydrogens is 373 g/mol. The molecule has 0 saturated heterocycles. The lowest BCUT2D eigenvalue weighted by Crippen LogP contribution is -2.43. The maximum atomic E-state index is 6.06. The Hall–Kier alpha value is -1.36. The van der Waals surface area contributed by atoms with Crippen molar-refractivity contribution < 1.29 is 0 Å². The van der Waals surface area contributed by atoms with Crippen molar-refractivity contribution in [2.24, 2.45) is 0 Å². The Morgan fingerprint density at radius 3 is 2.32 bits per heavy atom. The number of aromatic nitrogens is 1. The van der Waals surface area contributed by atoms with E-state index in [1.54, 1.807) is 12.3 Å². The van der Waals surface area contributed by atoms with Crippen LogP contribution in [-0.4, -0.2) is 16.6 Å². The summed E-state index contributed by atoms with van der Waals surface area (Å²) in [7, 11) is 0. The molecule has 1 aromatic carbocycles. The van der Waals surface area contributed by atoms with Crippen LogP contribution in [0.2, 0.25) is 10.0 Å².